The smallest absolute Gasteiger partial charge is 0.119 e. The van der Waals surface area contributed by atoms with Crippen LogP contribution in [0.1, 0.15) is 71.6 Å². The number of nitrogens with zero attached hydrogens (tertiary/aromatic N) is 3. The van der Waals surface area contributed by atoms with Gasteiger partial charge in [-0.25, -0.2) is 0 Å². The summed E-state index contributed by atoms with van der Waals surface area (Å²) in [6.45, 7) is 15.9. The number of hydrogen-bond donors (Lipinski definition) is 1. The van der Waals surface area contributed by atoms with Crippen LogP contribution in [0.4, 0.5) is 0 Å². The van der Waals surface area contributed by atoms with Crippen LogP contribution in [0.3, 0.4) is 0 Å². The Morgan fingerprint density at radius 1 is 0.697 bits per heavy atom. The number of rotatable bonds is 5. The summed E-state index contributed by atoms with van der Waals surface area (Å²) in [4.78, 5) is 1.73. The van der Waals surface area contributed by atoms with Gasteiger partial charge >= 0.3 is 0 Å². The number of para-hydroxylation sites is 1. The average Bonchev–Trinajstić information content (AvgIpc) is 3.16. The van der Waals surface area contributed by atoms with Crippen LogP contribution in [-0.2, 0) is 10.8 Å². The molecule has 0 saturated heterocycles. The third kappa shape index (κ3) is 4.52. The predicted octanol–water partition coefficient (Wildman–Crippen LogP) is 7.17. The Morgan fingerprint density at radius 3 is 1.85 bits per heavy atom. The number of phenols is 1. The van der Waals surface area contributed by atoms with E-state index in [1.807, 2.05) is 42.5 Å². The van der Waals surface area contributed by atoms with Crippen LogP contribution in [0, 0.1) is 5.41 Å². The van der Waals surface area contributed by atoms with Gasteiger partial charge in [-0.1, -0.05) is 84.9 Å². The Hall–Kier alpha value is -3.14. The Labute approximate surface area is 197 Å². The van der Waals surface area contributed by atoms with Crippen molar-refractivity contribution in [2.75, 3.05) is 0 Å². The van der Waals surface area contributed by atoms with Gasteiger partial charge in [-0.05, 0) is 58.7 Å². The highest BCUT2D eigenvalue weighted by molar-refractivity contribution is 5.73. The number of hydrogen-bond acceptors (Lipinski definition) is 3. The van der Waals surface area contributed by atoms with Crippen LogP contribution in [0.15, 0.2) is 66.7 Å². The van der Waals surface area contributed by atoms with Crippen molar-refractivity contribution in [3.05, 3.63) is 83.4 Å². The highest BCUT2D eigenvalue weighted by atomic mass is 16.3. The van der Waals surface area contributed by atoms with Gasteiger partial charge in [-0.3, -0.25) is 0 Å². The van der Waals surface area contributed by atoms with Gasteiger partial charge in [0, 0.05) is 11.0 Å². The highest BCUT2D eigenvalue weighted by Gasteiger charge is 2.35. The molecule has 0 bridgehead atoms. The van der Waals surface area contributed by atoms with Crippen molar-refractivity contribution < 1.29 is 5.11 Å². The fourth-order valence-corrected chi connectivity index (χ4v) is 5.31. The van der Waals surface area contributed by atoms with Crippen LogP contribution in [0.5, 0.6) is 5.75 Å². The normalized spacial score (nSPS) is 12.9. The van der Waals surface area contributed by atoms with Crippen molar-refractivity contribution in [1.29, 1.82) is 0 Å². The molecule has 0 fully saturated rings. The standard InChI is InChI=1S/C29H35N3O/c1-27(2,3)19-28(4,5)23-18-20(32-30-24-13-9-10-14-25(24)31-32)16-17-21(23)29(6,7)22-12-8-11-15-26(22)33/h8-18,33H,19H2,1-7H3. The molecule has 0 radical (unpaired) electrons. The Morgan fingerprint density at radius 2 is 1.27 bits per heavy atom. The van der Waals surface area contributed by atoms with Gasteiger partial charge in [0.05, 0.1) is 5.69 Å². The van der Waals surface area contributed by atoms with E-state index in [-0.39, 0.29) is 16.2 Å². The topological polar surface area (TPSA) is 50.9 Å². The molecule has 0 atom stereocenters. The first kappa shape index (κ1) is 23.0. The third-order valence-corrected chi connectivity index (χ3v) is 6.47. The fraction of sp³-hybridized carbons (Fsp3) is 0.379. The first-order valence-electron chi connectivity index (χ1n) is 11.6. The van der Waals surface area contributed by atoms with E-state index in [9.17, 15) is 5.11 Å². The molecule has 0 aliphatic carbocycles. The summed E-state index contributed by atoms with van der Waals surface area (Å²) < 4.78 is 0. The molecule has 1 heterocycles. The molecule has 0 aliphatic rings. The number of aromatic nitrogens is 3. The fourth-order valence-electron chi connectivity index (χ4n) is 5.31. The van der Waals surface area contributed by atoms with Gasteiger partial charge in [0.15, 0.2) is 0 Å². The molecule has 3 aromatic carbocycles. The zero-order valence-electron chi connectivity index (χ0n) is 20.8. The molecule has 172 valence electrons. The minimum atomic E-state index is -0.378. The summed E-state index contributed by atoms with van der Waals surface area (Å²) >= 11 is 0. The molecule has 0 aliphatic heterocycles. The molecular weight excluding hydrogens is 406 g/mol. The van der Waals surface area contributed by atoms with Crippen molar-refractivity contribution >= 4 is 11.0 Å². The quantitative estimate of drug-likeness (QED) is 0.357. The van der Waals surface area contributed by atoms with Gasteiger partial charge < -0.3 is 5.11 Å². The van der Waals surface area contributed by atoms with Gasteiger partial charge in [0.2, 0.25) is 0 Å². The maximum atomic E-state index is 10.7. The lowest BCUT2D eigenvalue weighted by atomic mass is 9.66. The predicted molar refractivity (Wildman–Crippen MR) is 136 cm³/mol. The number of phenolic OH excluding ortho intramolecular Hbond substituents is 1. The zero-order valence-corrected chi connectivity index (χ0v) is 20.8. The van der Waals surface area contributed by atoms with Crippen LogP contribution < -0.4 is 0 Å². The lowest BCUT2D eigenvalue weighted by Crippen LogP contribution is -2.30. The van der Waals surface area contributed by atoms with Crippen molar-refractivity contribution in [3.63, 3.8) is 0 Å². The monoisotopic (exact) mass is 441 g/mol. The van der Waals surface area contributed by atoms with Gasteiger partial charge in [0.1, 0.15) is 16.8 Å². The highest BCUT2D eigenvalue weighted by Crippen LogP contribution is 2.45. The largest absolute Gasteiger partial charge is 0.508 e. The van der Waals surface area contributed by atoms with Crippen molar-refractivity contribution in [2.24, 2.45) is 5.41 Å². The van der Waals surface area contributed by atoms with Crippen LogP contribution in [-0.4, -0.2) is 20.1 Å². The lowest BCUT2D eigenvalue weighted by Gasteiger charge is -2.38. The summed E-state index contributed by atoms with van der Waals surface area (Å²) in [5.41, 5.74) is 5.78. The number of aromatic hydroxyl groups is 1. The summed E-state index contributed by atoms with van der Waals surface area (Å²) in [6.07, 6.45) is 1.02. The SMILES string of the molecule is CC(C)(C)CC(C)(C)c1cc(-n2nc3ccccc3n2)ccc1C(C)(C)c1ccccc1O. The van der Waals surface area contributed by atoms with Crippen LogP contribution in [0.25, 0.3) is 16.7 Å². The first-order chi connectivity index (χ1) is 15.4. The molecule has 0 saturated carbocycles. The molecule has 0 unspecified atom stereocenters. The van der Waals surface area contributed by atoms with E-state index in [2.05, 4.69) is 66.7 Å². The Kier molecular flexibility index (Phi) is 5.60. The van der Waals surface area contributed by atoms with E-state index in [0.29, 0.717) is 5.75 Å². The lowest BCUT2D eigenvalue weighted by molar-refractivity contribution is 0.281. The number of benzene rings is 3. The molecule has 1 N–H and O–H groups in total. The second kappa shape index (κ2) is 8.02. The molecule has 4 heteroatoms. The third-order valence-electron chi connectivity index (χ3n) is 6.47. The Balaban J connectivity index is 1.92. The molecule has 4 nitrogen and oxygen atoms in total. The van der Waals surface area contributed by atoms with Gasteiger partial charge in [-0.15, -0.1) is 10.2 Å². The van der Waals surface area contributed by atoms with Crippen molar-refractivity contribution in [2.45, 2.75) is 65.7 Å². The van der Waals surface area contributed by atoms with Gasteiger partial charge in [0.25, 0.3) is 0 Å². The summed E-state index contributed by atoms with van der Waals surface area (Å²) in [5.74, 6) is 0.325. The second-order valence-electron chi connectivity index (χ2n) is 11.5. The molecule has 4 rings (SSSR count). The van der Waals surface area contributed by atoms with E-state index >= 15 is 0 Å². The molecule has 33 heavy (non-hydrogen) atoms. The summed E-state index contributed by atoms with van der Waals surface area (Å²) in [6, 6.07) is 22.1. The average molecular weight is 442 g/mol. The maximum absolute atomic E-state index is 10.7. The van der Waals surface area contributed by atoms with E-state index < -0.39 is 0 Å². The van der Waals surface area contributed by atoms with Crippen LogP contribution in [0.2, 0.25) is 0 Å². The van der Waals surface area contributed by atoms with E-state index in [4.69, 9.17) is 10.2 Å². The molecular formula is C29H35N3O. The zero-order chi connectivity index (χ0) is 24.0. The minimum absolute atomic E-state index is 0.0994. The minimum Gasteiger partial charge on any atom is -0.508 e. The second-order valence-corrected chi connectivity index (χ2v) is 11.5. The summed E-state index contributed by atoms with van der Waals surface area (Å²) in [7, 11) is 0. The van der Waals surface area contributed by atoms with E-state index in [1.165, 1.54) is 11.1 Å². The van der Waals surface area contributed by atoms with Gasteiger partial charge in [-0.2, -0.15) is 4.80 Å². The molecule has 1 aromatic heterocycles. The first-order valence-corrected chi connectivity index (χ1v) is 11.6. The van der Waals surface area contributed by atoms with Crippen LogP contribution >= 0.6 is 0 Å². The molecule has 0 amide bonds. The Bertz CT molecular complexity index is 1260. The summed E-state index contributed by atoms with van der Waals surface area (Å²) in [5, 5.41) is 20.1. The van der Waals surface area contributed by atoms with Crippen molar-refractivity contribution in [3.8, 4) is 11.4 Å². The van der Waals surface area contributed by atoms with E-state index in [1.54, 1.807) is 10.9 Å². The molecule has 4 aromatic rings. The maximum Gasteiger partial charge on any atom is 0.119 e. The van der Waals surface area contributed by atoms with E-state index in [0.717, 1.165) is 28.7 Å². The molecule has 0 spiro atoms. The number of fused-ring (bicyclic) bond motifs is 1. The van der Waals surface area contributed by atoms with Crippen molar-refractivity contribution in [1.82, 2.24) is 15.0 Å².